The van der Waals surface area contributed by atoms with Crippen molar-refractivity contribution in [3.8, 4) is 0 Å². The number of azide groups is 1. The van der Waals surface area contributed by atoms with Gasteiger partial charge >= 0.3 is 5.97 Å². The highest BCUT2D eigenvalue weighted by Crippen LogP contribution is 2.13. The summed E-state index contributed by atoms with van der Waals surface area (Å²) in [6.07, 6.45) is 1.29. The second kappa shape index (κ2) is 6.49. The number of carbonyl (C=O) groups excluding carboxylic acids is 3. The van der Waals surface area contributed by atoms with Crippen molar-refractivity contribution < 1.29 is 19.2 Å². The summed E-state index contributed by atoms with van der Waals surface area (Å²) < 4.78 is 0. The fourth-order valence-electron chi connectivity index (χ4n) is 1.30. The van der Waals surface area contributed by atoms with Gasteiger partial charge in [0.15, 0.2) is 0 Å². The monoisotopic (exact) mass is 240 g/mol. The summed E-state index contributed by atoms with van der Waals surface area (Å²) in [4.78, 5) is 40.7. The van der Waals surface area contributed by atoms with Crippen LogP contribution >= 0.6 is 0 Å². The van der Waals surface area contributed by atoms with Crippen molar-refractivity contribution in [2.24, 2.45) is 5.11 Å². The molecule has 0 saturated carbocycles. The minimum absolute atomic E-state index is 0.0814. The predicted molar refractivity (Wildman–Crippen MR) is 55.0 cm³/mol. The van der Waals surface area contributed by atoms with Crippen molar-refractivity contribution in [3.05, 3.63) is 10.4 Å². The van der Waals surface area contributed by atoms with Crippen molar-refractivity contribution in [2.75, 3.05) is 6.54 Å². The normalized spacial score (nSPS) is 14.7. The molecule has 0 aliphatic carbocycles. The quantitative estimate of drug-likeness (QED) is 0.227. The Morgan fingerprint density at radius 3 is 2.59 bits per heavy atom. The molecule has 1 saturated heterocycles. The molecule has 0 aromatic rings. The van der Waals surface area contributed by atoms with Gasteiger partial charge in [-0.3, -0.25) is 9.59 Å². The van der Waals surface area contributed by atoms with Crippen LogP contribution in [0.1, 0.15) is 32.1 Å². The molecule has 0 aromatic carbocycles. The maximum Gasteiger partial charge on any atom is 0.333 e. The lowest BCUT2D eigenvalue weighted by Gasteiger charge is -2.12. The molecule has 0 N–H and O–H groups in total. The summed E-state index contributed by atoms with van der Waals surface area (Å²) in [6.45, 7) is 0.311. The zero-order chi connectivity index (χ0) is 12.7. The number of nitrogens with zero attached hydrogens (tertiary/aromatic N) is 4. The number of rotatable bonds is 6. The van der Waals surface area contributed by atoms with Crippen LogP contribution in [0.25, 0.3) is 10.4 Å². The molecule has 8 heteroatoms. The average molecular weight is 240 g/mol. The van der Waals surface area contributed by atoms with Crippen LogP contribution in [0, 0.1) is 0 Å². The second-order valence-electron chi connectivity index (χ2n) is 3.46. The van der Waals surface area contributed by atoms with Gasteiger partial charge in [-0.05, 0) is 18.4 Å². The molecule has 0 bridgehead atoms. The predicted octanol–water partition coefficient (Wildman–Crippen LogP) is 1.07. The molecule has 1 rings (SSSR count). The molecule has 1 aliphatic rings. The van der Waals surface area contributed by atoms with E-state index in [1.165, 1.54) is 0 Å². The SMILES string of the molecule is [N-]=[N+]=NCCCCC(=O)ON1C(=O)CCC1=O. The highest BCUT2D eigenvalue weighted by molar-refractivity contribution is 6.01. The van der Waals surface area contributed by atoms with E-state index in [2.05, 4.69) is 14.9 Å². The standard InChI is InChI=1S/C9H12N4O4/c10-12-11-6-2-1-3-9(16)17-13-7(14)4-5-8(13)15/h1-6H2. The van der Waals surface area contributed by atoms with Gasteiger partial charge in [-0.1, -0.05) is 5.11 Å². The molecule has 8 nitrogen and oxygen atoms in total. The van der Waals surface area contributed by atoms with Gasteiger partial charge in [0.05, 0.1) is 0 Å². The number of hydroxylamine groups is 2. The van der Waals surface area contributed by atoms with E-state index >= 15 is 0 Å². The van der Waals surface area contributed by atoms with Crippen molar-refractivity contribution in [1.29, 1.82) is 0 Å². The number of amides is 2. The Kier molecular flexibility index (Phi) is 4.96. The second-order valence-corrected chi connectivity index (χ2v) is 3.46. The number of imide groups is 1. The van der Waals surface area contributed by atoms with E-state index in [1.807, 2.05) is 0 Å². The van der Waals surface area contributed by atoms with Gasteiger partial charge in [0.2, 0.25) is 0 Å². The molecule has 1 aliphatic heterocycles. The van der Waals surface area contributed by atoms with Crippen LogP contribution < -0.4 is 0 Å². The van der Waals surface area contributed by atoms with E-state index in [0.717, 1.165) is 0 Å². The maximum atomic E-state index is 11.3. The van der Waals surface area contributed by atoms with E-state index in [0.29, 0.717) is 24.4 Å². The van der Waals surface area contributed by atoms with Crippen LogP contribution in [0.3, 0.4) is 0 Å². The lowest BCUT2D eigenvalue weighted by molar-refractivity contribution is -0.197. The largest absolute Gasteiger partial charge is 0.333 e. The third-order valence-electron chi connectivity index (χ3n) is 2.15. The Morgan fingerprint density at radius 2 is 2.00 bits per heavy atom. The van der Waals surface area contributed by atoms with Gasteiger partial charge in [-0.2, -0.15) is 0 Å². The highest BCUT2D eigenvalue weighted by atomic mass is 16.7. The van der Waals surface area contributed by atoms with Gasteiger partial charge in [0.25, 0.3) is 11.8 Å². The summed E-state index contributed by atoms with van der Waals surface area (Å²) >= 11 is 0. The van der Waals surface area contributed by atoms with Gasteiger partial charge in [0, 0.05) is 30.7 Å². The van der Waals surface area contributed by atoms with Gasteiger partial charge < -0.3 is 4.84 Å². The zero-order valence-corrected chi connectivity index (χ0v) is 9.16. The van der Waals surface area contributed by atoms with Crippen LogP contribution in [-0.4, -0.2) is 29.4 Å². The van der Waals surface area contributed by atoms with Crippen LogP contribution in [0.2, 0.25) is 0 Å². The lowest BCUT2D eigenvalue weighted by Crippen LogP contribution is -2.31. The van der Waals surface area contributed by atoms with Crippen LogP contribution in [0.4, 0.5) is 0 Å². The molecule has 0 radical (unpaired) electrons. The summed E-state index contributed by atoms with van der Waals surface area (Å²) in [6, 6.07) is 0. The summed E-state index contributed by atoms with van der Waals surface area (Å²) in [5.41, 5.74) is 8.01. The molecule has 0 unspecified atom stereocenters. The first-order valence-corrected chi connectivity index (χ1v) is 5.22. The Morgan fingerprint density at radius 1 is 1.35 bits per heavy atom. The zero-order valence-electron chi connectivity index (χ0n) is 9.16. The fourth-order valence-corrected chi connectivity index (χ4v) is 1.30. The van der Waals surface area contributed by atoms with Crippen LogP contribution in [0.15, 0.2) is 5.11 Å². The smallest absolute Gasteiger partial charge is 0.330 e. The Bertz CT molecular complexity index is 359. The highest BCUT2D eigenvalue weighted by Gasteiger charge is 2.32. The van der Waals surface area contributed by atoms with E-state index in [9.17, 15) is 14.4 Å². The third-order valence-corrected chi connectivity index (χ3v) is 2.15. The first-order valence-electron chi connectivity index (χ1n) is 5.22. The van der Waals surface area contributed by atoms with Crippen molar-refractivity contribution in [2.45, 2.75) is 32.1 Å². The van der Waals surface area contributed by atoms with E-state index in [1.54, 1.807) is 0 Å². The molecular weight excluding hydrogens is 228 g/mol. The molecule has 0 aromatic heterocycles. The van der Waals surface area contributed by atoms with Crippen molar-refractivity contribution in [3.63, 3.8) is 0 Å². The third kappa shape index (κ3) is 4.12. The topological polar surface area (TPSA) is 112 Å². The van der Waals surface area contributed by atoms with Gasteiger partial charge in [0.1, 0.15) is 0 Å². The summed E-state index contributed by atoms with van der Waals surface area (Å²) in [7, 11) is 0. The summed E-state index contributed by atoms with van der Waals surface area (Å²) in [5.74, 6) is -1.61. The van der Waals surface area contributed by atoms with Gasteiger partial charge in [-0.15, -0.1) is 5.06 Å². The Balaban J connectivity index is 2.22. The number of hydrogen-bond acceptors (Lipinski definition) is 5. The number of unbranched alkanes of at least 4 members (excludes halogenated alkanes) is 1. The molecule has 1 fully saturated rings. The molecule has 17 heavy (non-hydrogen) atoms. The number of hydrogen-bond donors (Lipinski definition) is 0. The van der Waals surface area contributed by atoms with Gasteiger partial charge in [-0.25, -0.2) is 4.79 Å². The van der Waals surface area contributed by atoms with Crippen molar-refractivity contribution >= 4 is 17.8 Å². The molecule has 0 spiro atoms. The van der Waals surface area contributed by atoms with Crippen molar-refractivity contribution in [1.82, 2.24) is 5.06 Å². The first kappa shape index (κ1) is 13.0. The van der Waals surface area contributed by atoms with E-state index in [-0.39, 0.29) is 19.3 Å². The molecule has 92 valence electrons. The van der Waals surface area contributed by atoms with Crippen LogP contribution in [-0.2, 0) is 19.2 Å². The van der Waals surface area contributed by atoms with E-state index in [4.69, 9.17) is 5.53 Å². The Hall–Kier alpha value is -2.08. The van der Waals surface area contributed by atoms with Crippen LogP contribution in [0.5, 0.6) is 0 Å². The molecule has 1 heterocycles. The minimum atomic E-state index is -0.630. The maximum absolute atomic E-state index is 11.3. The number of carbonyl (C=O) groups is 3. The Labute approximate surface area is 97.1 Å². The average Bonchev–Trinajstić information content (AvgIpc) is 2.60. The molecular formula is C9H12N4O4. The van der Waals surface area contributed by atoms with E-state index < -0.39 is 17.8 Å². The first-order chi connectivity index (χ1) is 8.15. The fraction of sp³-hybridized carbons (Fsp3) is 0.667. The minimum Gasteiger partial charge on any atom is -0.330 e. The lowest BCUT2D eigenvalue weighted by atomic mass is 10.2. The summed E-state index contributed by atoms with van der Waals surface area (Å²) in [5, 5.41) is 3.83. The molecule has 0 atom stereocenters. The molecule has 2 amide bonds.